The quantitative estimate of drug-likeness (QED) is 0.819. The molecule has 7 nitrogen and oxygen atoms in total. The third-order valence-corrected chi connectivity index (χ3v) is 3.35. The molecule has 1 saturated heterocycles. The van der Waals surface area contributed by atoms with E-state index in [4.69, 9.17) is 5.11 Å². The molecule has 2 rings (SSSR count). The fourth-order valence-electron chi connectivity index (χ4n) is 2.33. The van der Waals surface area contributed by atoms with Crippen LogP contribution in [0.5, 0.6) is 0 Å². The molecule has 20 heavy (non-hydrogen) atoms. The lowest BCUT2D eigenvalue weighted by Crippen LogP contribution is -2.39. The van der Waals surface area contributed by atoms with Gasteiger partial charge < -0.3 is 5.11 Å². The number of aliphatic carboxylic acids is 1. The zero-order valence-electron chi connectivity index (χ0n) is 11.2. The van der Waals surface area contributed by atoms with Crippen LogP contribution in [-0.2, 0) is 9.59 Å². The summed E-state index contributed by atoms with van der Waals surface area (Å²) in [5.41, 5.74) is 0. The van der Waals surface area contributed by atoms with E-state index in [0.717, 1.165) is 25.9 Å². The second-order valence-electron chi connectivity index (χ2n) is 4.94. The van der Waals surface area contributed by atoms with Crippen molar-refractivity contribution in [3.8, 4) is 0 Å². The fourth-order valence-corrected chi connectivity index (χ4v) is 2.33. The minimum Gasteiger partial charge on any atom is -0.481 e. The van der Waals surface area contributed by atoms with Gasteiger partial charge >= 0.3 is 5.97 Å². The summed E-state index contributed by atoms with van der Waals surface area (Å²) in [6.45, 7) is 1.79. The average molecular weight is 278 g/mol. The van der Waals surface area contributed by atoms with E-state index in [0.29, 0.717) is 5.95 Å². The summed E-state index contributed by atoms with van der Waals surface area (Å²) in [6.07, 6.45) is 5.00. The maximum absolute atomic E-state index is 11.8. The minimum absolute atomic E-state index is 0.145. The Labute approximate surface area is 117 Å². The van der Waals surface area contributed by atoms with Crippen LogP contribution in [0.15, 0.2) is 18.5 Å². The molecule has 1 amide bonds. The molecule has 1 aromatic heterocycles. The van der Waals surface area contributed by atoms with Gasteiger partial charge in [0.15, 0.2) is 0 Å². The van der Waals surface area contributed by atoms with E-state index in [1.807, 2.05) is 4.90 Å². The van der Waals surface area contributed by atoms with Crippen molar-refractivity contribution in [2.75, 3.05) is 25.0 Å². The molecule has 7 heteroatoms. The van der Waals surface area contributed by atoms with Gasteiger partial charge in [-0.3, -0.25) is 19.8 Å². The Kier molecular flexibility index (Phi) is 5.00. The summed E-state index contributed by atoms with van der Waals surface area (Å²) < 4.78 is 0. The first-order valence-corrected chi connectivity index (χ1v) is 6.64. The van der Waals surface area contributed by atoms with Gasteiger partial charge in [-0.05, 0) is 37.9 Å². The monoisotopic (exact) mass is 278 g/mol. The van der Waals surface area contributed by atoms with E-state index in [1.54, 1.807) is 18.5 Å². The highest BCUT2D eigenvalue weighted by Crippen LogP contribution is 2.20. The number of carbonyl (C=O) groups is 2. The lowest BCUT2D eigenvalue weighted by molar-refractivity contribution is -0.138. The van der Waals surface area contributed by atoms with Crippen molar-refractivity contribution in [3.05, 3.63) is 18.5 Å². The van der Waals surface area contributed by atoms with Crippen molar-refractivity contribution in [1.29, 1.82) is 0 Å². The van der Waals surface area contributed by atoms with E-state index in [1.165, 1.54) is 0 Å². The summed E-state index contributed by atoms with van der Waals surface area (Å²) in [7, 11) is 0. The molecule has 2 heterocycles. The summed E-state index contributed by atoms with van der Waals surface area (Å²) in [6, 6.07) is 1.68. The van der Waals surface area contributed by atoms with Crippen molar-refractivity contribution in [1.82, 2.24) is 14.9 Å². The number of nitrogens with zero attached hydrogens (tertiary/aromatic N) is 3. The molecule has 1 aliphatic heterocycles. The molecular weight excluding hydrogens is 260 g/mol. The minimum atomic E-state index is -0.748. The molecule has 0 saturated carbocycles. The average Bonchev–Trinajstić information content (AvgIpc) is 2.41. The first kappa shape index (κ1) is 14.4. The van der Waals surface area contributed by atoms with Gasteiger partial charge in [-0.25, -0.2) is 9.97 Å². The van der Waals surface area contributed by atoms with E-state index in [2.05, 4.69) is 15.3 Å². The Morgan fingerprint density at radius 1 is 1.30 bits per heavy atom. The van der Waals surface area contributed by atoms with E-state index >= 15 is 0 Å². The predicted octanol–water partition coefficient (Wildman–Crippen LogP) is 0.602. The normalized spacial score (nSPS) is 16.8. The number of rotatable bonds is 5. The van der Waals surface area contributed by atoms with Crippen molar-refractivity contribution < 1.29 is 14.7 Å². The molecular formula is C13H18N4O3. The number of carboxylic acids is 1. The summed E-state index contributed by atoms with van der Waals surface area (Å²) >= 11 is 0. The summed E-state index contributed by atoms with van der Waals surface area (Å²) in [5.74, 6) is -0.363. The zero-order valence-corrected chi connectivity index (χ0v) is 11.2. The number of carbonyl (C=O) groups excluding carboxylic acids is 1. The van der Waals surface area contributed by atoms with Crippen LogP contribution in [0.4, 0.5) is 5.95 Å². The van der Waals surface area contributed by atoms with Crippen molar-refractivity contribution in [3.63, 3.8) is 0 Å². The van der Waals surface area contributed by atoms with Crippen LogP contribution < -0.4 is 5.32 Å². The fraction of sp³-hybridized carbons (Fsp3) is 0.538. The SMILES string of the molecule is O=C(O)CC1CCN(CC(=O)Nc2ncccn2)CC1. The van der Waals surface area contributed by atoms with Gasteiger partial charge in [0.05, 0.1) is 6.54 Å². The number of amides is 1. The Balaban J connectivity index is 1.72. The van der Waals surface area contributed by atoms with Crippen molar-refractivity contribution >= 4 is 17.8 Å². The van der Waals surface area contributed by atoms with Crippen LogP contribution in [0.25, 0.3) is 0 Å². The third kappa shape index (κ3) is 4.58. The molecule has 0 radical (unpaired) electrons. The molecule has 0 spiro atoms. The van der Waals surface area contributed by atoms with Gasteiger partial charge in [0.1, 0.15) is 0 Å². The van der Waals surface area contributed by atoms with E-state index < -0.39 is 5.97 Å². The van der Waals surface area contributed by atoms with Gasteiger partial charge in [-0.15, -0.1) is 0 Å². The third-order valence-electron chi connectivity index (χ3n) is 3.35. The largest absolute Gasteiger partial charge is 0.481 e. The number of piperidine rings is 1. The maximum atomic E-state index is 11.8. The number of hydrogen-bond acceptors (Lipinski definition) is 5. The number of likely N-dealkylation sites (tertiary alicyclic amines) is 1. The molecule has 0 bridgehead atoms. The molecule has 1 aliphatic rings. The van der Waals surface area contributed by atoms with Gasteiger partial charge in [0.2, 0.25) is 11.9 Å². The molecule has 108 valence electrons. The Bertz CT molecular complexity index is 458. The first-order valence-electron chi connectivity index (χ1n) is 6.64. The number of anilines is 1. The van der Waals surface area contributed by atoms with Crippen molar-refractivity contribution in [2.45, 2.75) is 19.3 Å². The molecule has 1 fully saturated rings. The highest BCUT2D eigenvalue weighted by Gasteiger charge is 2.22. The second-order valence-corrected chi connectivity index (χ2v) is 4.94. The lowest BCUT2D eigenvalue weighted by atomic mass is 9.94. The number of carboxylic acid groups (broad SMARTS) is 1. The van der Waals surface area contributed by atoms with Crippen molar-refractivity contribution in [2.24, 2.45) is 5.92 Å². The van der Waals surface area contributed by atoms with Gasteiger partial charge in [-0.2, -0.15) is 0 Å². The van der Waals surface area contributed by atoms with Crippen LogP contribution in [-0.4, -0.2) is 51.5 Å². The number of aromatic nitrogens is 2. The summed E-state index contributed by atoms with van der Waals surface area (Å²) in [5, 5.41) is 11.4. The topological polar surface area (TPSA) is 95.4 Å². The van der Waals surface area contributed by atoms with E-state index in [-0.39, 0.29) is 24.8 Å². The molecule has 0 aromatic carbocycles. The molecule has 2 N–H and O–H groups in total. The van der Waals surface area contributed by atoms with Crippen LogP contribution in [0.2, 0.25) is 0 Å². The Morgan fingerprint density at radius 3 is 2.55 bits per heavy atom. The van der Waals surface area contributed by atoms with Crippen LogP contribution in [0.3, 0.4) is 0 Å². The highest BCUT2D eigenvalue weighted by atomic mass is 16.4. The van der Waals surface area contributed by atoms with Gasteiger partial charge in [0.25, 0.3) is 0 Å². The molecule has 0 unspecified atom stereocenters. The predicted molar refractivity (Wildman–Crippen MR) is 72.1 cm³/mol. The Morgan fingerprint density at radius 2 is 1.95 bits per heavy atom. The first-order chi connectivity index (χ1) is 9.63. The van der Waals surface area contributed by atoms with Crippen LogP contribution in [0, 0.1) is 5.92 Å². The van der Waals surface area contributed by atoms with E-state index in [9.17, 15) is 9.59 Å². The van der Waals surface area contributed by atoms with Gasteiger partial charge in [0, 0.05) is 18.8 Å². The summed E-state index contributed by atoms with van der Waals surface area (Å²) in [4.78, 5) is 32.3. The maximum Gasteiger partial charge on any atom is 0.303 e. The molecule has 0 aliphatic carbocycles. The number of hydrogen-bond donors (Lipinski definition) is 2. The zero-order chi connectivity index (χ0) is 14.4. The molecule has 1 aromatic rings. The molecule has 0 atom stereocenters. The van der Waals surface area contributed by atoms with Crippen LogP contribution >= 0.6 is 0 Å². The van der Waals surface area contributed by atoms with Crippen LogP contribution in [0.1, 0.15) is 19.3 Å². The lowest BCUT2D eigenvalue weighted by Gasteiger charge is -2.30. The smallest absolute Gasteiger partial charge is 0.303 e. The second kappa shape index (κ2) is 6.95. The Hall–Kier alpha value is -2.02. The van der Waals surface area contributed by atoms with Gasteiger partial charge in [-0.1, -0.05) is 0 Å². The standard InChI is InChI=1S/C13H18N4O3/c18-11(16-13-14-4-1-5-15-13)9-17-6-2-10(3-7-17)8-12(19)20/h1,4-5,10H,2-3,6-9H2,(H,19,20)(H,14,15,16,18). The number of nitrogens with one attached hydrogen (secondary N) is 1. The highest BCUT2D eigenvalue weighted by molar-refractivity contribution is 5.90.